The Kier molecular flexibility index (Phi) is 8.84. The molecular formula is C18H31N3O3S. The van der Waals surface area contributed by atoms with Crippen LogP contribution in [-0.4, -0.2) is 75.7 Å². The smallest absolute Gasteiger partial charge is 0.240 e. The van der Waals surface area contributed by atoms with E-state index in [4.69, 9.17) is 5.11 Å². The molecule has 0 radical (unpaired) electrons. The van der Waals surface area contributed by atoms with Crippen molar-refractivity contribution in [3.05, 3.63) is 30.3 Å². The van der Waals surface area contributed by atoms with E-state index in [0.29, 0.717) is 11.4 Å². The van der Waals surface area contributed by atoms with Crippen molar-refractivity contribution in [2.45, 2.75) is 30.6 Å². The highest BCUT2D eigenvalue weighted by atomic mass is 32.2. The van der Waals surface area contributed by atoms with Gasteiger partial charge in [-0.2, -0.15) is 0 Å². The molecule has 0 amide bonds. The Morgan fingerprint density at radius 1 is 0.880 bits per heavy atom. The van der Waals surface area contributed by atoms with E-state index >= 15 is 0 Å². The first-order valence-corrected chi connectivity index (χ1v) is 10.7. The molecule has 0 bridgehead atoms. The Morgan fingerprint density at radius 2 is 1.48 bits per heavy atom. The highest BCUT2D eigenvalue weighted by Crippen LogP contribution is 2.08. The topological polar surface area (TPSA) is 72.9 Å². The number of benzene rings is 1. The lowest BCUT2D eigenvalue weighted by Crippen LogP contribution is -2.47. The summed E-state index contributed by atoms with van der Waals surface area (Å²) >= 11 is 0. The number of hydrogen-bond donors (Lipinski definition) is 2. The second-order valence-corrected chi connectivity index (χ2v) is 8.30. The zero-order chi connectivity index (χ0) is 18.0. The largest absolute Gasteiger partial charge is 0.395 e. The maximum absolute atomic E-state index is 12.1. The summed E-state index contributed by atoms with van der Waals surface area (Å²) in [5, 5.41) is 8.95. The van der Waals surface area contributed by atoms with Gasteiger partial charge in [0.15, 0.2) is 0 Å². The van der Waals surface area contributed by atoms with Gasteiger partial charge in [-0.1, -0.05) is 31.0 Å². The number of β-amino-alcohol motifs (C(OH)–C–C–N with tert-alkyl or cyclic N) is 1. The van der Waals surface area contributed by atoms with Crippen LogP contribution in [-0.2, 0) is 10.0 Å². The molecule has 0 saturated carbocycles. The summed E-state index contributed by atoms with van der Waals surface area (Å²) in [6.07, 6.45) is 4.20. The zero-order valence-corrected chi connectivity index (χ0v) is 15.8. The van der Waals surface area contributed by atoms with Gasteiger partial charge in [-0.15, -0.1) is 0 Å². The van der Waals surface area contributed by atoms with E-state index < -0.39 is 10.0 Å². The summed E-state index contributed by atoms with van der Waals surface area (Å²) in [6, 6.07) is 8.51. The van der Waals surface area contributed by atoms with Crippen LogP contribution in [0.5, 0.6) is 0 Å². The summed E-state index contributed by atoms with van der Waals surface area (Å²) in [5.41, 5.74) is 0. The van der Waals surface area contributed by atoms with Gasteiger partial charge in [-0.05, 0) is 31.5 Å². The molecule has 142 valence electrons. The van der Waals surface area contributed by atoms with Crippen molar-refractivity contribution in [3.8, 4) is 0 Å². The van der Waals surface area contributed by atoms with Crippen LogP contribution >= 0.6 is 0 Å². The maximum atomic E-state index is 12.1. The van der Waals surface area contributed by atoms with E-state index in [1.165, 1.54) is 0 Å². The third kappa shape index (κ3) is 7.42. The van der Waals surface area contributed by atoms with E-state index in [-0.39, 0.29) is 6.61 Å². The number of piperazine rings is 1. The number of unbranched alkanes of at least 4 members (excludes halogenated alkanes) is 3. The minimum atomic E-state index is -3.36. The molecule has 0 spiro atoms. The number of aliphatic hydroxyl groups is 1. The average molecular weight is 370 g/mol. The molecule has 1 saturated heterocycles. The van der Waals surface area contributed by atoms with E-state index in [2.05, 4.69) is 14.5 Å². The predicted molar refractivity (Wildman–Crippen MR) is 100 cm³/mol. The molecule has 0 aliphatic carbocycles. The standard InChI is InChI=1S/C18H31N3O3S/c22-17-16-21-14-12-20(13-15-21)11-7-2-1-6-10-19-25(23,24)18-8-4-3-5-9-18/h3-5,8-9,19,22H,1-2,6-7,10-17H2. The average Bonchev–Trinajstić information content (AvgIpc) is 2.63. The molecule has 1 aromatic carbocycles. The van der Waals surface area contributed by atoms with Gasteiger partial charge in [-0.25, -0.2) is 13.1 Å². The van der Waals surface area contributed by atoms with Crippen molar-refractivity contribution in [2.24, 2.45) is 0 Å². The van der Waals surface area contributed by atoms with E-state index in [0.717, 1.165) is 65.0 Å². The molecule has 7 heteroatoms. The Balaban J connectivity index is 1.50. The molecule has 1 aliphatic rings. The summed E-state index contributed by atoms with van der Waals surface area (Å²) in [4.78, 5) is 5.11. The summed E-state index contributed by atoms with van der Waals surface area (Å²) < 4.78 is 26.8. The van der Waals surface area contributed by atoms with Crippen LogP contribution in [0.3, 0.4) is 0 Å². The number of nitrogens with one attached hydrogen (secondary N) is 1. The van der Waals surface area contributed by atoms with Crippen LogP contribution in [0.15, 0.2) is 35.2 Å². The second kappa shape index (κ2) is 10.9. The first-order valence-electron chi connectivity index (χ1n) is 9.22. The normalized spacial score (nSPS) is 17.0. The first kappa shape index (κ1) is 20.3. The summed E-state index contributed by atoms with van der Waals surface area (Å²) in [7, 11) is -3.36. The van der Waals surface area contributed by atoms with Crippen molar-refractivity contribution in [1.82, 2.24) is 14.5 Å². The molecule has 1 aromatic rings. The second-order valence-electron chi connectivity index (χ2n) is 6.53. The molecule has 2 N–H and O–H groups in total. The van der Waals surface area contributed by atoms with Crippen molar-refractivity contribution in [3.63, 3.8) is 0 Å². The van der Waals surface area contributed by atoms with Crippen LogP contribution < -0.4 is 4.72 Å². The van der Waals surface area contributed by atoms with Gasteiger partial charge < -0.3 is 10.0 Å². The number of hydrogen-bond acceptors (Lipinski definition) is 5. The van der Waals surface area contributed by atoms with Crippen molar-refractivity contribution in [1.29, 1.82) is 0 Å². The van der Waals surface area contributed by atoms with E-state index in [9.17, 15) is 8.42 Å². The maximum Gasteiger partial charge on any atom is 0.240 e. The molecule has 0 unspecified atom stereocenters. The van der Waals surface area contributed by atoms with Crippen LogP contribution in [0.4, 0.5) is 0 Å². The number of sulfonamides is 1. The predicted octanol–water partition coefficient (Wildman–Crippen LogP) is 1.14. The van der Waals surface area contributed by atoms with Gasteiger partial charge in [0, 0.05) is 39.3 Å². The van der Waals surface area contributed by atoms with E-state index in [1.54, 1.807) is 24.3 Å². The van der Waals surface area contributed by atoms with Crippen LogP contribution in [0.2, 0.25) is 0 Å². The SMILES string of the molecule is O=S(=O)(NCCCCCCN1CCN(CCO)CC1)c1ccccc1. The highest BCUT2D eigenvalue weighted by Gasteiger charge is 2.15. The molecule has 25 heavy (non-hydrogen) atoms. The molecular weight excluding hydrogens is 338 g/mol. The lowest BCUT2D eigenvalue weighted by Gasteiger charge is -2.34. The Morgan fingerprint density at radius 3 is 2.12 bits per heavy atom. The molecule has 1 heterocycles. The third-order valence-corrected chi connectivity index (χ3v) is 6.10. The lowest BCUT2D eigenvalue weighted by atomic mass is 10.2. The molecule has 1 aliphatic heterocycles. The van der Waals surface area contributed by atoms with Crippen molar-refractivity contribution in [2.75, 3.05) is 52.4 Å². The van der Waals surface area contributed by atoms with Gasteiger partial charge in [0.1, 0.15) is 0 Å². The monoisotopic (exact) mass is 369 g/mol. The number of rotatable bonds is 11. The fraction of sp³-hybridized carbons (Fsp3) is 0.667. The lowest BCUT2D eigenvalue weighted by molar-refractivity contribution is 0.111. The zero-order valence-electron chi connectivity index (χ0n) is 14.9. The van der Waals surface area contributed by atoms with E-state index in [1.807, 2.05) is 6.07 Å². The molecule has 2 rings (SSSR count). The number of aliphatic hydroxyl groups excluding tert-OH is 1. The highest BCUT2D eigenvalue weighted by molar-refractivity contribution is 7.89. The summed E-state index contributed by atoms with van der Waals surface area (Å²) in [5.74, 6) is 0. The van der Waals surface area contributed by atoms with Gasteiger partial charge in [-0.3, -0.25) is 4.90 Å². The van der Waals surface area contributed by atoms with Crippen LogP contribution in [0, 0.1) is 0 Å². The molecule has 1 fully saturated rings. The third-order valence-electron chi connectivity index (χ3n) is 4.63. The van der Waals surface area contributed by atoms with Crippen molar-refractivity contribution >= 4 is 10.0 Å². The van der Waals surface area contributed by atoms with Gasteiger partial charge in [0.05, 0.1) is 11.5 Å². The van der Waals surface area contributed by atoms with Gasteiger partial charge in [0.25, 0.3) is 0 Å². The van der Waals surface area contributed by atoms with Crippen LogP contribution in [0.25, 0.3) is 0 Å². The Hall–Kier alpha value is -0.990. The first-order chi connectivity index (χ1) is 12.1. The van der Waals surface area contributed by atoms with Gasteiger partial charge >= 0.3 is 0 Å². The Labute approximate surface area is 151 Å². The number of nitrogens with zero attached hydrogens (tertiary/aromatic N) is 2. The van der Waals surface area contributed by atoms with Crippen molar-refractivity contribution < 1.29 is 13.5 Å². The quantitative estimate of drug-likeness (QED) is 0.572. The summed E-state index contributed by atoms with van der Waals surface area (Å²) in [6.45, 7) is 6.89. The minimum absolute atomic E-state index is 0.244. The Bertz CT molecular complexity index is 572. The fourth-order valence-electron chi connectivity index (χ4n) is 3.08. The minimum Gasteiger partial charge on any atom is -0.395 e. The fourth-order valence-corrected chi connectivity index (χ4v) is 4.18. The van der Waals surface area contributed by atoms with Crippen LogP contribution in [0.1, 0.15) is 25.7 Å². The molecule has 0 aromatic heterocycles. The molecule has 6 nitrogen and oxygen atoms in total. The van der Waals surface area contributed by atoms with Gasteiger partial charge in [0.2, 0.25) is 10.0 Å². The molecule has 0 atom stereocenters.